The minimum absolute atomic E-state index is 0. The number of likely N-dealkylation sites (tertiary alicyclic amines) is 1. The summed E-state index contributed by atoms with van der Waals surface area (Å²) >= 11 is 0. The minimum atomic E-state index is 0. The van der Waals surface area contributed by atoms with Crippen molar-refractivity contribution in [3.63, 3.8) is 0 Å². The lowest BCUT2D eigenvalue weighted by Crippen LogP contribution is -2.40. The van der Waals surface area contributed by atoms with Crippen LogP contribution >= 0.6 is 24.0 Å². The number of carbonyl (C=O) groups is 1. The topological polar surface area (TPSA) is 74.0 Å². The van der Waals surface area contributed by atoms with Gasteiger partial charge < -0.3 is 19.6 Å². The number of anilines is 1. The molecule has 0 spiro atoms. The third-order valence-corrected chi connectivity index (χ3v) is 5.38. The van der Waals surface area contributed by atoms with E-state index in [0.29, 0.717) is 24.8 Å². The zero-order valence-corrected chi connectivity index (χ0v) is 18.3. The lowest BCUT2D eigenvalue weighted by atomic mass is 9.98. The predicted octanol–water partition coefficient (Wildman–Crippen LogP) is 2.98. The van der Waals surface area contributed by atoms with E-state index in [1.165, 1.54) is 11.3 Å². The van der Waals surface area contributed by atoms with E-state index in [1.54, 1.807) is 13.3 Å². The number of aromatic nitrogens is 1. The van der Waals surface area contributed by atoms with Gasteiger partial charge in [-0.2, -0.15) is 0 Å². The number of guanidine groups is 1. The maximum atomic E-state index is 11.9. The van der Waals surface area contributed by atoms with Gasteiger partial charge in [0, 0.05) is 50.8 Å². The first-order valence-electron chi connectivity index (χ1n) is 9.50. The summed E-state index contributed by atoms with van der Waals surface area (Å²) in [6.45, 7) is 3.16. The molecule has 7 nitrogen and oxygen atoms in total. The van der Waals surface area contributed by atoms with Crippen LogP contribution in [-0.4, -0.2) is 48.6 Å². The monoisotopic (exact) mass is 495 g/mol. The van der Waals surface area contributed by atoms with Crippen molar-refractivity contribution >= 4 is 41.5 Å². The van der Waals surface area contributed by atoms with Crippen LogP contribution in [0.2, 0.25) is 0 Å². The molecule has 2 aromatic rings. The number of fused-ring (bicyclic) bond motifs is 1. The fourth-order valence-corrected chi connectivity index (χ4v) is 3.99. The molecule has 0 radical (unpaired) electrons. The Morgan fingerprint density at radius 3 is 2.93 bits per heavy atom. The Kier molecular flexibility index (Phi) is 6.93. The zero-order chi connectivity index (χ0) is 18.6. The van der Waals surface area contributed by atoms with Crippen molar-refractivity contribution in [1.29, 1.82) is 0 Å². The minimum Gasteiger partial charge on any atom is -0.364 e. The van der Waals surface area contributed by atoms with Crippen LogP contribution in [0.3, 0.4) is 0 Å². The first-order chi connectivity index (χ1) is 13.3. The molecule has 1 N–H and O–H groups in total. The fraction of sp³-hybridized carbons (Fsp3) is 0.450. The first-order valence-corrected chi connectivity index (χ1v) is 9.50. The normalized spacial score (nSPS) is 19.0. The zero-order valence-electron chi connectivity index (χ0n) is 16.0. The predicted molar refractivity (Wildman–Crippen MR) is 119 cm³/mol. The Balaban J connectivity index is 0.00000225. The van der Waals surface area contributed by atoms with Crippen LogP contribution in [0.1, 0.15) is 36.4 Å². The molecule has 4 rings (SSSR count). The molecule has 1 aromatic heterocycles. The van der Waals surface area contributed by atoms with Crippen LogP contribution in [0.15, 0.2) is 46.1 Å². The number of nitrogens with one attached hydrogen (secondary N) is 1. The number of para-hydroxylation sites is 1. The SMILES string of the molecule is CN=C(NCc1ccon1)N1CC(CCN2CCCC2=O)c2ccccc21.I. The highest BCUT2D eigenvalue weighted by Gasteiger charge is 2.32. The maximum absolute atomic E-state index is 11.9. The molecule has 28 heavy (non-hydrogen) atoms. The van der Waals surface area contributed by atoms with Crippen molar-refractivity contribution in [3.05, 3.63) is 47.9 Å². The molecule has 1 unspecified atom stereocenters. The van der Waals surface area contributed by atoms with Crippen LogP contribution < -0.4 is 10.2 Å². The van der Waals surface area contributed by atoms with E-state index in [9.17, 15) is 4.79 Å². The highest BCUT2D eigenvalue weighted by Crippen LogP contribution is 2.38. The summed E-state index contributed by atoms with van der Waals surface area (Å²) in [5.74, 6) is 1.51. The van der Waals surface area contributed by atoms with Crippen LogP contribution in [0, 0.1) is 0 Å². The Morgan fingerprint density at radius 1 is 1.36 bits per heavy atom. The first kappa shape index (κ1) is 20.6. The van der Waals surface area contributed by atoms with Gasteiger partial charge in [0.1, 0.15) is 12.0 Å². The van der Waals surface area contributed by atoms with E-state index in [0.717, 1.165) is 44.1 Å². The molecule has 8 heteroatoms. The number of halogens is 1. The van der Waals surface area contributed by atoms with E-state index < -0.39 is 0 Å². The number of carbonyl (C=O) groups excluding carboxylic acids is 1. The van der Waals surface area contributed by atoms with E-state index >= 15 is 0 Å². The largest absolute Gasteiger partial charge is 0.364 e. The van der Waals surface area contributed by atoms with Gasteiger partial charge in [0.25, 0.3) is 0 Å². The Morgan fingerprint density at radius 2 is 2.21 bits per heavy atom. The van der Waals surface area contributed by atoms with Crippen molar-refractivity contribution < 1.29 is 9.32 Å². The summed E-state index contributed by atoms with van der Waals surface area (Å²) < 4.78 is 4.89. The van der Waals surface area contributed by atoms with E-state index in [1.807, 2.05) is 11.0 Å². The second-order valence-electron chi connectivity index (χ2n) is 7.03. The van der Waals surface area contributed by atoms with E-state index in [2.05, 4.69) is 44.6 Å². The molecule has 1 fully saturated rings. The average molecular weight is 495 g/mol. The summed E-state index contributed by atoms with van der Waals surface area (Å²) in [5.41, 5.74) is 3.35. The molecule has 0 aliphatic carbocycles. The third-order valence-electron chi connectivity index (χ3n) is 5.38. The fourth-order valence-electron chi connectivity index (χ4n) is 3.99. The van der Waals surface area contributed by atoms with Gasteiger partial charge in [-0.1, -0.05) is 23.4 Å². The van der Waals surface area contributed by atoms with Gasteiger partial charge in [-0.25, -0.2) is 0 Å². The van der Waals surface area contributed by atoms with E-state index in [4.69, 9.17) is 4.52 Å². The molecule has 0 saturated carbocycles. The summed E-state index contributed by atoms with van der Waals surface area (Å²) in [7, 11) is 1.80. The molecule has 0 bridgehead atoms. The van der Waals surface area contributed by atoms with Gasteiger partial charge >= 0.3 is 0 Å². The molecule has 2 aliphatic rings. The highest BCUT2D eigenvalue weighted by atomic mass is 127. The lowest BCUT2D eigenvalue weighted by Gasteiger charge is -2.23. The number of hydrogen-bond acceptors (Lipinski definition) is 4. The van der Waals surface area contributed by atoms with Gasteiger partial charge in [0.05, 0.1) is 6.54 Å². The van der Waals surface area contributed by atoms with Crippen molar-refractivity contribution in [2.45, 2.75) is 31.7 Å². The number of hydrogen-bond donors (Lipinski definition) is 1. The van der Waals surface area contributed by atoms with Crippen LogP contribution in [-0.2, 0) is 11.3 Å². The van der Waals surface area contributed by atoms with Gasteiger partial charge in [0.15, 0.2) is 5.96 Å². The van der Waals surface area contributed by atoms with Crippen LogP contribution in [0.5, 0.6) is 0 Å². The van der Waals surface area contributed by atoms with Gasteiger partial charge in [-0.05, 0) is 24.5 Å². The molecular formula is C20H26IN5O2. The molecular weight excluding hydrogens is 469 g/mol. The number of aliphatic imine (C=N–C) groups is 1. The number of amides is 1. The average Bonchev–Trinajstić information content (AvgIpc) is 3.42. The van der Waals surface area contributed by atoms with Crippen molar-refractivity contribution in [2.24, 2.45) is 4.99 Å². The number of nitrogens with zero attached hydrogens (tertiary/aromatic N) is 4. The quantitative estimate of drug-likeness (QED) is 0.393. The van der Waals surface area contributed by atoms with Crippen molar-refractivity contribution in [3.8, 4) is 0 Å². The highest BCUT2D eigenvalue weighted by molar-refractivity contribution is 14.0. The number of benzene rings is 1. The summed E-state index contributed by atoms with van der Waals surface area (Å²) in [4.78, 5) is 20.6. The Labute approximate surface area is 182 Å². The maximum Gasteiger partial charge on any atom is 0.222 e. The standard InChI is InChI=1S/C20H25N5O2.HI/c1-21-20(22-13-16-9-12-27-23-16)25-14-15(17-5-2-3-6-18(17)25)8-11-24-10-4-7-19(24)26;/h2-3,5-6,9,12,15H,4,7-8,10-11,13-14H2,1H3,(H,21,22);1H. The second kappa shape index (κ2) is 9.40. The second-order valence-corrected chi connectivity index (χ2v) is 7.03. The molecule has 3 heterocycles. The van der Waals surface area contributed by atoms with Gasteiger partial charge in [0.2, 0.25) is 5.91 Å². The third kappa shape index (κ3) is 4.31. The van der Waals surface area contributed by atoms with Crippen LogP contribution in [0.4, 0.5) is 5.69 Å². The van der Waals surface area contributed by atoms with E-state index in [-0.39, 0.29) is 24.0 Å². The smallest absolute Gasteiger partial charge is 0.222 e. The Hall–Kier alpha value is -2.10. The Bertz CT molecular complexity index is 824. The van der Waals surface area contributed by atoms with Gasteiger partial charge in [-0.3, -0.25) is 9.79 Å². The molecule has 1 aromatic carbocycles. The number of rotatable bonds is 5. The molecule has 150 valence electrons. The summed E-state index contributed by atoms with van der Waals surface area (Å²) in [5, 5.41) is 7.31. The van der Waals surface area contributed by atoms with Crippen molar-refractivity contribution in [1.82, 2.24) is 15.4 Å². The van der Waals surface area contributed by atoms with Crippen molar-refractivity contribution in [2.75, 3.05) is 31.6 Å². The molecule has 2 aliphatic heterocycles. The van der Waals surface area contributed by atoms with Gasteiger partial charge in [-0.15, -0.1) is 24.0 Å². The molecule has 1 amide bonds. The lowest BCUT2D eigenvalue weighted by molar-refractivity contribution is -0.127. The van der Waals surface area contributed by atoms with Crippen LogP contribution in [0.25, 0.3) is 0 Å². The molecule has 1 atom stereocenters. The molecule has 1 saturated heterocycles. The summed E-state index contributed by atoms with van der Waals surface area (Å²) in [6.07, 6.45) is 4.23. The summed E-state index contributed by atoms with van der Waals surface area (Å²) in [6, 6.07) is 10.3.